The zero-order valence-electron chi connectivity index (χ0n) is 16.8. The van der Waals surface area contributed by atoms with Crippen LogP contribution in [0.1, 0.15) is 0 Å². The molecule has 0 spiro atoms. The molecule has 40 heavy (non-hydrogen) atoms. The van der Waals surface area contributed by atoms with E-state index in [9.17, 15) is 106 Å². The fourth-order valence-electron chi connectivity index (χ4n) is 1.74. The molecule has 0 saturated heterocycles. The first-order valence-corrected chi connectivity index (χ1v) is 8.00. The number of rotatable bonds is 9. The van der Waals surface area contributed by atoms with Gasteiger partial charge in [-0.15, -0.1) is 0 Å². The van der Waals surface area contributed by atoms with Crippen LogP contribution in [0.4, 0.5) is 101 Å². The molecule has 0 bridgehead atoms. The van der Waals surface area contributed by atoms with E-state index in [1.807, 2.05) is 0 Å². The third kappa shape index (κ3) is 6.01. The van der Waals surface area contributed by atoms with Crippen LogP contribution < -0.4 is 0 Å². The van der Waals surface area contributed by atoms with Crippen molar-refractivity contribution in [2.24, 2.45) is 0 Å². The second kappa shape index (κ2) is 9.65. The second-order valence-corrected chi connectivity index (χ2v) is 6.51. The number of aliphatic carboxylic acids is 1. The maximum atomic E-state index is 14.0. The van der Waals surface area contributed by atoms with Crippen molar-refractivity contribution in [1.82, 2.24) is 0 Å². The Balaban J connectivity index is 7.38. The molecule has 1 N–H and O–H groups in total. The van der Waals surface area contributed by atoms with Gasteiger partial charge in [-0.25, -0.2) is 4.79 Å². The molecule has 240 valence electrons. The van der Waals surface area contributed by atoms with Gasteiger partial charge < -0.3 is 5.11 Å². The van der Waals surface area contributed by atoms with Crippen LogP contribution in [-0.4, -0.2) is 77.6 Å². The molecule has 3 unspecified atom stereocenters. The molecule has 3 atom stereocenters. The van der Waals surface area contributed by atoms with Crippen molar-refractivity contribution >= 4 is 5.97 Å². The van der Waals surface area contributed by atoms with Crippen molar-refractivity contribution in [3.05, 3.63) is 0 Å². The van der Waals surface area contributed by atoms with Crippen molar-refractivity contribution in [2.75, 3.05) is 0 Å². The molecule has 0 rings (SSSR count). The molecular formula is C12HF23O5. The highest BCUT2D eigenvalue weighted by molar-refractivity contribution is 5.76. The summed E-state index contributed by atoms with van der Waals surface area (Å²) in [5.74, 6) is -37.8. The van der Waals surface area contributed by atoms with Gasteiger partial charge in [-0.1, -0.05) is 0 Å². The number of halogens is 23. The molecule has 28 heteroatoms. The molecule has 0 radical (unpaired) electrons. The minimum atomic E-state index is -8.84. The molecule has 5 nitrogen and oxygen atoms in total. The highest BCUT2D eigenvalue weighted by Gasteiger charge is 2.89. The van der Waals surface area contributed by atoms with Gasteiger partial charge in [-0.05, 0) is 0 Å². The number of carboxylic acids is 1. The summed E-state index contributed by atoms with van der Waals surface area (Å²) in [4.78, 5) is 10.2. The fraction of sp³-hybridized carbons (Fsp3) is 0.917. The number of hydrogen-bond acceptors (Lipinski definition) is 4. The van der Waals surface area contributed by atoms with E-state index in [4.69, 9.17) is 5.11 Å². The van der Waals surface area contributed by atoms with Gasteiger partial charge in [-0.3, -0.25) is 14.2 Å². The van der Waals surface area contributed by atoms with Gasteiger partial charge in [0.05, 0.1) is 0 Å². The van der Waals surface area contributed by atoms with Crippen LogP contribution in [0.3, 0.4) is 0 Å². The SMILES string of the molecule is O=C(O)C(F)(OC(F)(F)C(F)(OC(F)(F)C(F)(OC(F)(C(F)(F)F)C(F)(F)F)C(F)(F)F)C(F)(F)F)C(F)(F)F. The Kier molecular flexibility index (Phi) is 9.10. The minimum absolute atomic E-state index is 0.997. The van der Waals surface area contributed by atoms with Crippen molar-refractivity contribution in [1.29, 1.82) is 0 Å². The lowest BCUT2D eigenvalue weighted by Crippen LogP contribution is -2.71. The van der Waals surface area contributed by atoms with Crippen LogP contribution in [0.25, 0.3) is 0 Å². The van der Waals surface area contributed by atoms with E-state index in [0.717, 1.165) is 9.47 Å². The van der Waals surface area contributed by atoms with Crippen LogP contribution in [0.15, 0.2) is 0 Å². The highest BCUT2D eigenvalue weighted by atomic mass is 19.4. The Hall–Kier alpha value is -2.26. The van der Waals surface area contributed by atoms with Crippen LogP contribution in [-0.2, 0) is 19.0 Å². The van der Waals surface area contributed by atoms with E-state index >= 15 is 0 Å². The maximum Gasteiger partial charge on any atom is 0.460 e. The first kappa shape index (κ1) is 37.7. The molecule has 0 aliphatic rings. The Labute approximate surface area is 199 Å². The van der Waals surface area contributed by atoms with Gasteiger partial charge in [0.15, 0.2) is 0 Å². The molecule has 0 aromatic heterocycles. The number of ether oxygens (including phenoxy) is 3. The minimum Gasteiger partial charge on any atom is -0.477 e. The van der Waals surface area contributed by atoms with Gasteiger partial charge in [0, 0.05) is 0 Å². The van der Waals surface area contributed by atoms with E-state index in [1.54, 1.807) is 0 Å². The van der Waals surface area contributed by atoms with Gasteiger partial charge in [-0.2, -0.15) is 101 Å². The molecular weight excluding hydrogens is 661 g/mol. The molecule has 0 fully saturated rings. The Morgan fingerprint density at radius 1 is 0.375 bits per heavy atom. The molecule has 0 aromatic rings. The first-order chi connectivity index (χ1) is 16.8. The van der Waals surface area contributed by atoms with E-state index in [-0.39, 0.29) is 0 Å². The van der Waals surface area contributed by atoms with Gasteiger partial charge in [0.2, 0.25) is 0 Å². The third-order valence-corrected chi connectivity index (χ3v) is 3.67. The standard InChI is InChI=1S/C12HF23O5/c13-2(1(36)37,6(17,18)19)38-11(32,33)5(16,10(29,30)31)40-12(34,35)4(15,9(26,27)28)39-3(14,7(20,21)22)8(23,24)25/h(H,36,37). The predicted molar refractivity (Wildman–Crippen MR) is 66.4 cm³/mol. The summed E-state index contributed by atoms with van der Waals surface area (Å²) in [6, 6.07) is 0. The largest absolute Gasteiger partial charge is 0.477 e. The fourth-order valence-corrected chi connectivity index (χ4v) is 1.74. The average Bonchev–Trinajstić information content (AvgIpc) is 2.61. The molecule has 0 heterocycles. The van der Waals surface area contributed by atoms with Crippen molar-refractivity contribution in [3.63, 3.8) is 0 Å². The quantitative estimate of drug-likeness (QED) is 0.276. The number of alkyl halides is 23. The summed E-state index contributed by atoms with van der Waals surface area (Å²) >= 11 is 0. The number of hydrogen-bond donors (Lipinski definition) is 1. The van der Waals surface area contributed by atoms with E-state index in [1.165, 1.54) is 4.74 Å². The molecule has 0 aromatic carbocycles. The third-order valence-electron chi connectivity index (χ3n) is 3.67. The molecule has 0 aliphatic carbocycles. The van der Waals surface area contributed by atoms with Crippen molar-refractivity contribution < 1.29 is 125 Å². The average molecular weight is 662 g/mol. The highest BCUT2D eigenvalue weighted by Crippen LogP contribution is 2.59. The van der Waals surface area contributed by atoms with Gasteiger partial charge >= 0.3 is 72.5 Å². The molecule has 0 saturated carbocycles. The summed E-state index contributed by atoms with van der Waals surface area (Å²) in [5, 5.41) is 7.92. The van der Waals surface area contributed by atoms with Crippen molar-refractivity contribution in [3.8, 4) is 0 Å². The zero-order valence-corrected chi connectivity index (χ0v) is 16.8. The lowest BCUT2D eigenvalue weighted by Gasteiger charge is -2.43. The van der Waals surface area contributed by atoms with Crippen LogP contribution in [0.5, 0.6) is 0 Å². The monoisotopic (exact) mass is 662 g/mol. The van der Waals surface area contributed by atoms with E-state index in [0.29, 0.717) is 0 Å². The Bertz CT molecular complexity index is 913. The predicted octanol–water partition coefficient (Wildman–Crippen LogP) is 6.78. The summed E-state index contributed by atoms with van der Waals surface area (Å²) in [6.45, 7) is 0. The van der Waals surface area contributed by atoms with E-state index in [2.05, 4.69) is 0 Å². The Morgan fingerprint density at radius 3 is 0.850 bits per heavy atom. The van der Waals surface area contributed by atoms with E-state index < -0.39 is 72.5 Å². The van der Waals surface area contributed by atoms with Crippen LogP contribution in [0.2, 0.25) is 0 Å². The number of carbonyl (C=O) groups is 1. The normalized spacial score (nSPS) is 20.0. The first-order valence-electron chi connectivity index (χ1n) is 8.00. The summed E-state index contributed by atoms with van der Waals surface area (Å²) in [6.07, 6.45) is -58.1. The van der Waals surface area contributed by atoms with Crippen molar-refractivity contribution in [2.45, 2.75) is 66.5 Å². The van der Waals surface area contributed by atoms with Crippen LogP contribution in [0, 0.1) is 0 Å². The van der Waals surface area contributed by atoms with Gasteiger partial charge in [0.1, 0.15) is 0 Å². The molecule has 0 aliphatic heterocycles. The maximum absolute atomic E-state index is 14.0. The smallest absolute Gasteiger partial charge is 0.460 e. The van der Waals surface area contributed by atoms with Crippen LogP contribution >= 0.6 is 0 Å². The lowest BCUT2D eigenvalue weighted by atomic mass is 10.2. The summed E-state index contributed by atoms with van der Waals surface area (Å²) in [7, 11) is 0. The lowest BCUT2D eigenvalue weighted by molar-refractivity contribution is -0.579. The summed E-state index contributed by atoms with van der Waals surface area (Å²) < 4.78 is 301. The summed E-state index contributed by atoms with van der Waals surface area (Å²) in [5.41, 5.74) is 0. The molecule has 0 amide bonds. The topological polar surface area (TPSA) is 65.0 Å². The van der Waals surface area contributed by atoms with Gasteiger partial charge in [0.25, 0.3) is 0 Å². The Morgan fingerprint density at radius 2 is 0.625 bits per heavy atom. The number of carboxylic acid groups (broad SMARTS) is 1. The second-order valence-electron chi connectivity index (χ2n) is 6.51. The zero-order chi connectivity index (χ0) is 33.2.